The molecule has 1 aliphatic rings. The lowest BCUT2D eigenvalue weighted by molar-refractivity contribution is 0.468. The number of hydrogen-bond donors (Lipinski definition) is 2. The molecule has 1 heterocycles. The molecular formula is C17H19ClN2O. The van der Waals surface area contributed by atoms with Crippen LogP contribution in [0.4, 0.5) is 5.69 Å². The number of para-hydroxylation sites is 1. The van der Waals surface area contributed by atoms with Crippen LogP contribution in [0.25, 0.3) is 0 Å². The van der Waals surface area contributed by atoms with Crippen LogP contribution in [0.5, 0.6) is 5.75 Å². The van der Waals surface area contributed by atoms with Crippen molar-refractivity contribution >= 4 is 17.3 Å². The van der Waals surface area contributed by atoms with Crippen LogP contribution in [-0.4, -0.2) is 18.7 Å². The molecule has 2 aromatic rings. The normalized spacial score (nSPS) is 17.6. The van der Waals surface area contributed by atoms with Gasteiger partial charge >= 0.3 is 0 Å². The third-order valence-electron chi connectivity index (χ3n) is 3.97. The number of halogens is 1. The Labute approximate surface area is 130 Å². The highest BCUT2D eigenvalue weighted by atomic mass is 35.5. The number of anilines is 1. The summed E-state index contributed by atoms with van der Waals surface area (Å²) in [5.41, 5.74) is 3.61. The number of hydrogen-bond acceptors (Lipinski definition) is 3. The van der Waals surface area contributed by atoms with Crippen molar-refractivity contribution in [3.8, 4) is 5.75 Å². The van der Waals surface area contributed by atoms with Crippen molar-refractivity contribution in [1.82, 2.24) is 5.32 Å². The van der Waals surface area contributed by atoms with Gasteiger partial charge in [-0.15, -0.1) is 0 Å². The van der Waals surface area contributed by atoms with Crippen LogP contribution in [0.2, 0.25) is 5.02 Å². The Hall–Kier alpha value is -1.71. The maximum absolute atomic E-state index is 9.60. The molecule has 0 fully saturated rings. The second-order valence-electron chi connectivity index (χ2n) is 5.52. The van der Waals surface area contributed by atoms with Crippen LogP contribution in [0.3, 0.4) is 0 Å². The maximum atomic E-state index is 9.60. The lowest BCUT2D eigenvalue weighted by Gasteiger charge is -2.33. The standard InChI is InChI=1S/C17H19ClN2O/c1-20-7-6-16(15-4-2-3-5-17(15)20)19-11-12-8-13(18)10-14(21)9-12/h2-5,8-10,16,19,21H,6-7,11H2,1H3. The smallest absolute Gasteiger partial charge is 0.117 e. The minimum absolute atomic E-state index is 0.211. The van der Waals surface area contributed by atoms with Gasteiger partial charge in [0.15, 0.2) is 0 Å². The predicted octanol–water partition coefficient (Wildman–Crippen LogP) is 3.72. The van der Waals surface area contributed by atoms with Gasteiger partial charge in [-0.1, -0.05) is 29.8 Å². The number of aromatic hydroxyl groups is 1. The molecule has 0 radical (unpaired) electrons. The molecule has 0 spiro atoms. The Morgan fingerprint density at radius 2 is 2.10 bits per heavy atom. The molecule has 2 aromatic carbocycles. The quantitative estimate of drug-likeness (QED) is 0.907. The average molecular weight is 303 g/mol. The lowest BCUT2D eigenvalue weighted by atomic mass is 9.96. The average Bonchev–Trinajstić information content (AvgIpc) is 2.46. The van der Waals surface area contributed by atoms with Gasteiger partial charge in [0, 0.05) is 36.9 Å². The van der Waals surface area contributed by atoms with E-state index in [1.807, 2.05) is 6.07 Å². The first-order valence-corrected chi connectivity index (χ1v) is 7.53. The Morgan fingerprint density at radius 1 is 1.29 bits per heavy atom. The fourth-order valence-electron chi connectivity index (χ4n) is 2.92. The number of phenolic OH excluding ortho intramolecular Hbond substituents is 1. The molecule has 110 valence electrons. The molecular weight excluding hydrogens is 284 g/mol. The van der Waals surface area contributed by atoms with Gasteiger partial charge in [0.25, 0.3) is 0 Å². The number of fused-ring (bicyclic) bond motifs is 1. The molecule has 0 bridgehead atoms. The number of phenols is 1. The van der Waals surface area contributed by atoms with Gasteiger partial charge in [-0.3, -0.25) is 0 Å². The Morgan fingerprint density at radius 3 is 2.90 bits per heavy atom. The van der Waals surface area contributed by atoms with Gasteiger partial charge in [0.2, 0.25) is 0 Å². The molecule has 1 atom stereocenters. The van der Waals surface area contributed by atoms with Gasteiger partial charge in [-0.25, -0.2) is 0 Å². The van der Waals surface area contributed by atoms with Crippen LogP contribution in [0.15, 0.2) is 42.5 Å². The zero-order valence-electron chi connectivity index (χ0n) is 12.0. The summed E-state index contributed by atoms with van der Waals surface area (Å²) in [6.45, 7) is 1.73. The summed E-state index contributed by atoms with van der Waals surface area (Å²) in [6.07, 6.45) is 1.07. The van der Waals surface area contributed by atoms with Crippen LogP contribution >= 0.6 is 11.6 Å². The van der Waals surface area contributed by atoms with Crippen molar-refractivity contribution in [3.63, 3.8) is 0 Å². The van der Waals surface area contributed by atoms with Gasteiger partial charge in [0.1, 0.15) is 5.75 Å². The zero-order valence-corrected chi connectivity index (χ0v) is 12.8. The van der Waals surface area contributed by atoms with Crippen molar-refractivity contribution in [2.45, 2.75) is 19.0 Å². The molecule has 0 saturated carbocycles. The summed E-state index contributed by atoms with van der Waals surface area (Å²) in [5, 5.41) is 13.7. The largest absolute Gasteiger partial charge is 0.508 e. The highest BCUT2D eigenvalue weighted by Gasteiger charge is 2.22. The van der Waals surface area contributed by atoms with Crippen LogP contribution < -0.4 is 10.2 Å². The monoisotopic (exact) mass is 302 g/mol. The fraction of sp³-hybridized carbons (Fsp3) is 0.294. The molecule has 3 nitrogen and oxygen atoms in total. The topological polar surface area (TPSA) is 35.5 Å². The summed E-state index contributed by atoms with van der Waals surface area (Å²) in [7, 11) is 2.13. The van der Waals surface area contributed by atoms with Gasteiger partial charge < -0.3 is 15.3 Å². The van der Waals surface area contributed by atoms with Crippen LogP contribution in [0.1, 0.15) is 23.6 Å². The number of rotatable bonds is 3. The van der Waals surface area contributed by atoms with E-state index in [1.165, 1.54) is 11.3 Å². The van der Waals surface area contributed by atoms with Crippen molar-refractivity contribution < 1.29 is 5.11 Å². The first kappa shape index (κ1) is 14.2. The Bertz CT molecular complexity index is 624. The number of nitrogens with one attached hydrogen (secondary N) is 1. The summed E-state index contributed by atoms with van der Waals surface area (Å²) in [6, 6.07) is 14.0. The first-order chi connectivity index (χ1) is 10.1. The van der Waals surface area contributed by atoms with Crippen LogP contribution in [-0.2, 0) is 6.54 Å². The third kappa shape index (κ3) is 3.14. The number of nitrogens with zero attached hydrogens (tertiary/aromatic N) is 1. The molecule has 0 aliphatic carbocycles. The summed E-state index contributed by atoms with van der Waals surface area (Å²) in [4.78, 5) is 2.29. The second-order valence-corrected chi connectivity index (χ2v) is 5.96. The molecule has 1 aliphatic heterocycles. The van der Waals surface area contributed by atoms with Crippen LogP contribution in [0, 0.1) is 0 Å². The van der Waals surface area contributed by atoms with E-state index >= 15 is 0 Å². The zero-order chi connectivity index (χ0) is 14.8. The molecule has 0 amide bonds. The second kappa shape index (κ2) is 5.96. The highest BCUT2D eigenvalue weighted by molar-refractivity contribution is 6.30. The van der Waals surface area contributed by atoms with E-state index in [0.29, 0.717) is 17.6 Å². The van der Waals surface area contributed by atoms with E-state index in [2.05, 4.69) is 41.5 Å². The van der Waals surface area contributed by atoms with Crippen molar-refractivity contribution in [2.24, 2.45) is 0 Å². The third-order valence-corrected chi connectivity index (χ3v) is 4.19. The summed E-state index contributed by atoms with van der Waals surface area (Å²) >= 11 is 5.98. The first-order valence-electron chi connectivity index (χ1n) is 7.15. The Kier molecular flexibility index (Phi) is 4.04. The minimum atomic E-state index is 0.211. The molecule has 4 heteroatoms. The van der Waals surface area contributed by atoms with E-state index in [4.69, 9.17) is 11.6 Å². The minimum Gasteiger partial charge on any atom is -0.508 e. The maximum Gasteiger partial charge on any atom is 0.117 e. The van der Waals surface area contributed by atoms with Crippen molar-refractivity contribution in [1.29, 1.82) is 0 Å². The van der Waals surface area contributed by atoms with E-state index in [0.717, 1.165) is 18.5 Å². The van der Waals surface area contributed by atoms with Gasteiger partial charge in [-0.05, 0) is 41.8 Å². The van der Waals surface area contributed by atoms with E-state index < -0.39 is 0 Å². The molecule has 0 aromatic heterocycles. The van der Waals surface area contributed by atoms with E-state index in [9.17, 15) is 5.11 Å². The fourth-order valence-corrected chi connectivity index (χ4v) is 3.17. The molecule has 1 unspecified atom stereocenters. The highest BCUT2D eigenvalue weighted by Crippen LogP contribution is 2.32. The molecule has 21 heavy (non-hydrogen) atoms. The molecule has 0 saturated heterocycles. The number of benzene rings is 2. The van der Waals surface area contributed by atoms with Gasteiger partial charge in [-0.2, -0.15) is 0 Å². The Balaban J connectivity index is 1.75. The van der Waals surface area contributed by atoms with Gasteiger partial charge in [0.05, 0.1) is 0 Å². The van der Waals surface area contributed by atoms with E-state index in [1.54, 1.807) is 12.1 Å². The van der Waals surface area contributed by atoms with Crippen molar-refractivity contribution in [2.75, 3.05) is 18.5 Å². The molecule has 2 N–H and O–H groups in total. The lowest BCUT2D eigenvalue weighted by Crippen LogP contribution is -2.33. The summed E-state index contributed by atoms with van der Waals surface area (Å²) in [5.74, 6) is 0.211. The SMILES string of the molecule is CN1CCC(NCc2cc(O)cc(Cl)c2)c2ccccc21. The van der Waals surface area contributed by atoms with Crippen molar-refractivity contribution in [3.05, 3.63) is 58.6 Å². The summed E-state index contributed by atoms with van der Waals surface area (Å²) < 4.78 is 0. The van der Waals surface area contributed by atoms with E-state index in [-0.39, 0.29) is 5.75 Å². The predicted molar refractivity (Wildman–Crippen MR) is 87.0 cm³/mol. The molecule has 3 rings (SSSR count).